The maximum Gasteiger partial charge on any atom is 0.322 e. The van der Waals surface area contributed by atoms with Crippen molar-refractivity contribution in [1.29, 1.82) is 5.26 Å². The Balaban J connectivity index is 2.92. The third-order valence-electron chi connectivity index (χ3n) is 1.90. The molecule has 0 aromatic heterocycles. The van der Waals surface area contributed by atoms with E-state index in [0.29, 0.717) is 0 Å². The van der Waals surface area contributed by atoms with Crippen molar-refractivity contribution < 1.29 is 22.3 Å². The van der Waals surface area contributed by atoms with Crippen LogP contribution in [0.1, 0.15) is 5.56 Å². The predicted molar refractivity (Wildman–Crippen MR) is 60.5 cm³/mol. The molecule has 96 valence electrons. The maximum absolute atomic E-state index is 13.0. The van der Waals surface area contributed by atoms with E-state index in [-0.39, 0.29) is 11.3 Å². The lowest BCUT2D eigenvalue weighted by atomic mass is 10.2. The summed E-state index contributed by atoms with van der Waals surface area (Å²) in [6.07, 6.45) is 0. The molecular formula is C10H9FN2O4S. The molecule has 8 heteroatoms. The molecule has 1 N–H and O–H groups in total. The Bertz CT molecular complexity index is 607. The number of rotatable bonds is 4. The molecule has 0 fully saturated rings. The molecule has 0 radical (unpaired) electrons. The molecule has 0 aliphatic carbocycles. The number of hydrogen-bond acceptors (Lipinski definition) is 5. The van der Waals surface area contributed by atoms with Crippen LogP contribution < -0.4 is 4.72 Å². The highest BCUT2D eigenvalue weighted by Gasteiger charge is 2.17. The fourth-order valence-corrected chi connectivity index (χ4v) is 2.09. The number of benzene rings is 1. The lowest BCUT2D eigenvalue weighted by molar-refractivity contribution is -0.137. The first-order valence-corrected chi connectivity index (χ1v) is 6.30. The minimum atomic E-state index is -3.94. The Kier molecular flexibility index (Phi) is 4.23. The highest BCUT2D eigenvalue weighted by molar-refractivity contribution is 7.93. The molecule has 0 saturated carbocycles. The van der Waals surface area contributed by atoms with E-state index in [0.717, 1.165) is 25.3 Å². The fourth-order valence-electron chi connectivity index (χ4n) is 1.10. The lowest BCUT2D eigenvalue weighted by Crippen LogP contribution is -2.23. The summed E-state index contributed by atoms with van der Waals surface area (Å²) in [7, 11) is -2.88. The molecule has 6 nitrogen and oxygen atoms in total. The molecule has 0 aliphatic heterocycles. The molecule has 1 aromatic carbocycles. The zero-order chi connectivity index (χ0) is 13.8. The predicted octanol–water partition coefficient (Wildman–Crippen LogP) is 0.612. The third kappa shape index (κ3) is 3.71. The number of halogens is 1. The minimum absolute atomic E-state index is 0.00291. The summed E-state index contributed by atoms with van der Waals surface area (Å²) in [6.45, 7) is 0. The van der Waals surface area contributed by atoms with Gasteiger partial charge in [0.15, 0.2) is 5.75 Å². The Morgan fingerprint density at radius 3 is 2.78 bits per heavy atom. The molecule has 1 rings (SSSR count). The summed E-state index contributed by atoms with van der Waals surface area (Å²) in [4.78, 5) is 10.8. The zero-order valence-corrected chi connectivity index (χ0v) is 10.1. The van der Waals surface area contributed by atoms with Crippen LogP contribution in [0.5, 0.6) is 0 Å². The van der Waals surface area contributed by atoms with Gasteiger partial charge in [-0.1, -0.05) is 0 Å². The van der Waals surface area contributed by atoms with Gasteiger partial charge in [0.05, 0.1) is 18.4 Å². The number of anilines is 1. The van der Waals surface area contributed by atoms with Crippen LogP contribution in [0, 0.1) is 17.1 Å². The van der Waals surface area contributed by atoms with E-state index < -0.39 is 27.6 Å². The largest absolute Gasteiger partial charge is 0.468 e. The van der Waals surface area contributed by atoms with Gasteiger partial charge in [-0.3, -0.25) is 9.52 Å². The molecule has 0 spiro atoms. The number of ether oxygens (including phenoxy) is 1. The Morgan fingerprint density at radius 2 is 2.22 bits per heavy atom. The van der Waals surface area contributed by atoms with E-state index in [1.54, 1.807) is 6.07 Å². The first-order chi connectivity index (χ1) is 8.38. The van der Waals surface area contributed by atoms with Gasteiger partial charge in [0.1, 0.15) is 11.9 Å². The molecule has 0 aliphatic rings. The van der Waals surface area contributed by atoms with E-state index in [4.69, 9.17) is 5.26 Å². The van der Waals surface area contributed by atoms with E-state index in [9.17, 15) is 17.6 Å². The smallest absolute Gasteiger partial charge is 0.322 e. The maximum atomic E-state index is 13.0. The van der Waals surface area contributed by atoms with Crippen LogP contribution in [0.15, 0.2) is 18.2 Å². The summed E-state index contributed by atoms with van der Waals surface area (Å²) in [6, 6.07) is 4.70. The Hall–Kier alpha value is -2.14. The number of nitriles is 1. The van der Waals surface area contributed by atoms with Gasteiger partial charge in [-0.05, 0) is 18.2 Å². The van der Waals surface area contributed by atoms with Crippen molar-refractivity contribution in [3.05, 3.63) is 29.6 Å². The van der Waals surface area contributed by atoms with E-state index in [1.807, 2.05) is 4.72 Å². The summed E-state index contributed by atoms with van der Waals surface area (Å²) >= 11 is 0. The zero-order valence-electron chi connectivity index (χ0n) is 9.31. The Morgan fingerprint density at radius 1 is 1.56 bits per heavy atom. The molecular weight excluding hydrogens is 263 g/mol. The standard InChI is InChI=1S/C10H9FN2O4S/c1-17-10(14)6-18(15,16)13-8-2-3-9(11)7(4-8)5-12/h2-4,13H,6H2,1H3. The second kappa shape index (κ2) is 5.46. The molecule has 0 saturated heterocycles. The lowest BCUT2D eigenvalue weighted by Gasteiger charge is -2.07. The second-order valence-corrected chi connectivity index (χ2v) is 4.97. The molecule has 1 aromatic rings. The topological polar surface area (TPSA) is 96.3 Å². The molecule has 18 heavy (non-hydrogen) atoms. The number of hydrogen-bond donors (Lipinski definition) is 1. The van der Waals surface area contributed by atoms with Crippen molar-refractivity contribution in [3.63, 3.8) is 0 Å². The quantitative estimate of drug-likeness (QED) is 0.810. The van der Waals surface area contributed by atoms with Gasteiger partial charge in [0.2, 0.25) is 10.0 Å². The van der Waals surface area contributed by atoms with Crippen LogP contribution in [0.25, 0.3) is 0 Å². The first kappa shape index (κ1) is 13.9. The van der Waals surface area contributed by atoms with E-state index in [2.05, 4.69) is 4.74 Å². The van der Waals surface area contributed by atoms with Gasteiger partial charge >= 0.3 is 5.97 Å². The SMILES string of the molecule is COC(=O)CS(=O)(=O)Nc1ccc(F)c(C#N)c1. The highest BCUT2D eigenvalue weighted by atomic mass is 32.2. The van der Waals surface area contributed by atoms with Crippen LogP contribution in [-0.4, -0.2) is 27.2 Å². The number of nitrogens with zero attached hydrogens (tertiary/aromatic N) is 1. The van der Waals surface area contributed by atoms with Crippen molar-refractivity contribution >= 4 is 21.7 Å². The first-order valence-electron chi connectivity index (χ1n) is 4.65. The van der Waals surface area contributed by atoms with Crippen molar-refractivity contribution in [2.24, 2.45) is 0 Å². The van der Waals surface area contributed by atoms with Gasteiger partial charge in [0.25, 0.3) is 0 Å². The normalized spacial score (nSPS) is 10.5. The fraction of sp³-hybridized carbons (Fsp3) is 0.200. The van der Waals surface area contributed by atoms with Crippen LogP contribution in [-0.2, 0) is 19.6 Å². The van der Waals surface area contributed by atoms with Crippen LogP contribution >= 0.6 is 0 Å². The van der Waals surface area contributed by atoms with Crippen LogP contribution in [0.4, 0.5) is 10.1 Å². The molecule has 0 bridgehead atoms. The summed E-state index contributed by atoms with van der Waals surface area (Å²) in [5, 5.41) is 8.58. The summed E-state index contributed by atoms with van der Waals surface area (Å²) in [5.41, 5.74) is -0.301. The number of carbonyl (C=O) groups is 1. The second-order valence-electron chi connectivity index (χ2n) is 3.24. The Labute approximate surface area is 103 Å². The number of methoxy groups -OCH3 is 1. The van der Waals surface area contributed by atoms with Gasteiger partial charge in [-0.2, -0.15) is 5.26 Å². The number of nitrogens with one attached hydrogen (secondary N) is 1. The van der Waals surface area contributed by atoms with Crippen molar-refractivity contribution in [3.8, 4) is 6.07 Å². The number of esters is 1. The highest BCUT2D eigenvalue weighted by Crippen LogP contribution is 2.15. The average molecular weight is 272 g/mol. The van der Waals surface area contributed by atoms with Crippen molar-refractivity contribution in [2.45, 2.75) is 0 Å². The number of carbonyl (C=O) groups excluding carboxylic acids is 1. The summed E-state index contributed by atoms with van der Waals surface area (Å²) < 4.78 is 42.2. The summed E-state index contributed by atoms with van der Waals surface area (Å²) in [5.74, 6) is -2.54. The minimum Gasteiger partial charge on any atom is -0.468 e. The van der Waals surface area contributed by atoms with E-state index in [1.165, 1.54) is 0 Å². The van der Waals surface area contributed by atoms with Gasteiger partial charge < -0.3 is 4.74 Å². The molecule has 0 amide bonds. The van der Waals surface area contributed by atoms with Crippen molar-refractivity contribution in [2.75, 3.05) is 17.6 Å². The van der Waals surface area contributed by atoms with Crippen LogP contribution in [0.3, 0.4) is 0 Å². The van der Waals surface area contributed by atoms with Crippen LogP contribution in [0.2, 0.25) is 0 Å². The van der Waals surface area contributed by atoms with Gasteiger partial charge in [-0.25, -0.2) is 12.8 Å². The molecule has 0 atom stereocenters. The van der Waals surface area contributed by atoms with E-state index >= 15 is 0 Å². The number of sulfonamides is 1. The van der Waals surface area contributed by atoms with Gasteiger partial charge in [-0.15, -0.1) is 0 Å². The average Bonchev–Trinajstić information content (AvgIpc) is 2.30. The third-order valence-corrected chi connectivity index (χ3v) is 3.06. The molecule has 0 heterocycles. The molecule has 0 unspecified atom stereocenters. The van der Waals surface area contributed by atoms with Gasteiger partial charge in [0, 0.05) is 0 Å². The van der Waals surface area contributed by atoms with Crippen molar-refractivity contribution in [1.82, 2.24) is 0 Å². The monoisotopic (exact) mass is 272 g/mol.